The SMILES string of the molecule is O=C1c2ccccc2COc2cccc(CCCCCO)c21. The van der Waals surface area contributed by atoms with Gasteiger partial charge in [0.15, 0.2) is 5.78 Å². The van der Waals surface area contributed by atoms with Crippen LogP contribution in [-0.2, 0) is 13.0 Å². The fraction of sp³-hybridized carbons (Fsp3) is 0.316. The van der Waals surface area contributed by atoms with Gasteiger partial charge in [-0.15, -0.1) is 0 Å². The third-order valence-corrected chi connectivity index (χ3v) is 4.09. The van der Waals surface area contributed by atoms with Crippen LogP contribution in [0.5, 0.6) is 5.75 Å². The van der Waals surface area contributed by atoms with Gasteiger partial charge in [0, 0.05) is 17.7 Å². The summed E-state index contributed by atoms with van der Waals surface area (Å²) in [6.07, 6.45) is 3.57. The first-order valence-corrected chi connectivity index (χ1v) is 7.79. The molecule has 0 saturated carbocycles. The number of unbranched alkanes of at least 4 members (excludes halogenated alkanes) is 2. The topological polar surface area (TPSA) is 46.5 Å². The lowest BCUT2D eigenvalue weighted by Gasteiger charge is -2.11. The van der Waals surface area contributed by atoms with E-state index in [-0.39, 0.29) is 12.4 Å². The van der Waals surface area contributed by atoms with E-state index >= 15 is 0 Å². The van der Waals surface area contributed by atoms with Crippen molar-refractivity contribution in [1.29, 1.82) is 0 Å². The summed E-state index contributed by atoms with van der Waals surface area (Å²) in [4.78, 5) is 12.9. The molecule has 0 fully saturated rings. The molecule has 114 valence electrons. The number of aliphatic hydroxyl groups is 1. The van der Waals surface area contributed by atoms with Crippen molar-refractivity contribution in [3.05, 3.63) is 64.7 Å². The van der Waals surface area contributed by atoms with Crippen LogP contribution >= 0.6 is 0 Å². The summed E-state index contributed by atoms with van der Waals surface area (Å²) in [5.41, 5.74) is 3.42. The molecule has 3 nitrogen and oxygen atoms in total. The predicted molar refractivity (Wildman–Crippen MR) is 85.3 cm³/mol. The van der Waals surface area contributed by atoms with Gasteiger partial charge in [-0.1, -0.05) is 42.8 Å². The number of benzene rings is 2. The molecular formula is C19H20O3. The number of fused-ring (bicyclic) bond motifs is 2. The number of aryl methyl sites for hydroxylation is 1. The van der Waals surface area contributed by atoms with Crippen LogP contribution < -0.4 is 4.74 Å². The van der Waals surface area contributed by atoms with Crippen molar-refractivity contribution in [2.24, 2.45) is 0 Å². The Balaban J connectivity index is 1.93. The zero-order valence-electron chi connectivity index (χ0n) is 12.5. The highest BCUT2D eigenvalue weighted by molar-refractivity contribution is 6.12. The van der Waals surface area contributed by atoms with E-state index in [9.17, 15) is 4.79 Å². The molecule has 22 heavy (non-hydrogen) atoms. The van der Waals surface area contributed by atoms with Crippen LogP contribution in [0, 0.1) is 0 Å². The molecule has 1 heterocycles. The molecule has 0 saturated heterocycles. The maximum absolute atomic E-state index is 12.9. The van der Waals surface area contributed by atoms with Crippen LogP contribution in [0.15, 0.2) is 42.5 Å². The molecule has 1 aliphatic rings. The zero-order chi connectivity index (χ0) is 15.4. The summed E-state index contributed by atoms with van der Waals surface area (Å²) in [5, 5.41) is 8.87. The maximum Gasteiger partial charge on any atom is 0.197 e. The van der Waals surface area contributed by atoms with E-state index in [4.69, 9.17) is 9.84 Å². The highest BCUT2D eigenvalue weighted by Gasteiger charge is 2.24. The lowest BCUT2D eigenvalue weighted by Crippen LogP contribution is -2.06. The minimum absolute atomic E-state index is 0.0564. The number of ether oxygens (including phenoxy) is 1. The van der Waals surface area contributed by atoms with Crippen molar-refractivity contribution >= 4 is 5.78 Å². The van der Waals surface area contributed by atoms with Crippen molar-refractivity contribution in [3.8, 4) is 5.75 Å². The minimum atomic E-state index is 0.0564. The fourth-order valence-corrected chi connectivity index (χ4v) is 2.92. The average Bonchev–Trinajstić information content (AvgIpc) is 2.70. The van der Waals surface area contributed by atoms with Crippen molar-refractivity contribution in [1.82, 2.24) is 0 Å². The van der Waals surface area contributed by atoms with Gasteiger partial charge in [-0.3, -0.25) is 4.79 Å². The quantitative estimate of drug-likeness (QED) is 0.859. The van der Waals surface area contributed by atoms with Crippen molar-refractivity contribution in [2.45, 2.75) is 32.3 Å². The van der Waals surface area contributed by atoms with Gasteiger partial charge >= 0.3 is 0 Å². The highest BCUT2D eigenvalue weighted by Crippen LogP contribution is 2.31. The Morgan fingerprint density at radius 3 is 2.73 bits per heavy atom. The second kappa shape index (κ2) is 6.75. The fourth-order valence-electron chi connectivity index (χ4n) is 2.92. The van der Waals surface area contributed by atoms with E-state index in [0.717, 1.165) is 42.4 Å². The molecule has 0 aromatic heterocycles. The number of hydrogen-bond donors (Lipinski definition) is 1. The summed E-state index contributed by atoms with van der Waals surface area (Å²) in [7, 11) is 0. The van der Waals surface area contributed by atoms with Gasteiger partial charge in [-0.2, -0.15) is 0 Å². The van der Waals surface area contributed by atoms with Crippen molar-refractivity contribution in [3.63, 3.8) is 0 Å². The number of carbonyl (C=O) groups excluding carboxylic acids is 1. The van der Waals surface area contributed by atoms with Crippen LogP contribution in [0.4, 0.5) is 0 Å². The molecule has 0 bridgehead atoms. The van der Waals surface area contributed by atoms with Gasteiger partial charge in [0.2, 0.25) is 0 Å². The van der Waals surface area contributed by atoms with Crippen molar-refractivity contribution < 1.29 is 14.6 Å². The average molecular weight is 296 g/mol. The number of aliphatic hydroxyl groups excluding tert-OH is 1. The lowest BCUT2D eigenvalue weighted by atomic mass is 9.93. The van der Waals surface area contributed by atoms with Crippen LogP contribution in [-0.4, -0.2) is 17.5 Å². The Labute approximate surface area is 130 Å². The van der Waals surface area contributed by atoms with Gasteiger partial charge in [-0.05, 0) is 30.9 Å². The molecular weight excluding hydrogens is 276 g/mol. The first kappa shape index (κ1) is 14.8. The largest absolute Gasteiger partial charge is 0.488 e. The Morgan fingerprint density at radius 1 is 1.00 bits per heavy atom. The van der Waals surface area contributed by atoms with E-state index < -0.39 is 0 Å². The van der Waals surface area contributed by atoms with Gasteiger partial charge in [0.1, 0.15) is 12.4 Å². The first-order chi connectivity index (χ1) is 10.8. The molecule has 3 heteroatoms. The predicted octanol–water partition coefficient (Wildman–Crippen LogP) is 3.52. The second-order valence-electron chi connectivity index (χ2n) is 5.60. The number of carbonyl (C=O) groups is 1. The van der Waals surface area contributed by atoms with E-state index in [0.29, 0.717) is 17.9 Å². The molecule has 0 amide bonds. The monoisotopic (exact) mass is 296 g/mol. The normalized spacial score (nSPS) is 13.0. The Hall–Kier alpha value is -2.13. The molecule has 1 N–H and O–H groups in total. The molecule has 2 aromatic rings. The summed E-state index contributed by atoms with van der Waals surface area (Å²) >= 11 is 0. The smallest absolute Gasteiger partial charge is 0.197 e. The van der Waals surface area contributed by atoms with Gasteiger partial charge in [0.25, 0.3) is 0 Å². The molecule has 0 spiro atoms. The standard InChI is InChI=1S/C19H20O3/c20-12-5-1-2-7-14-9-6-11-17-18(14)19(21)16-10-4-3-8-15(16)13-22-17/h3-4,6,8-11,20H,1-2,5,7,12-13H2. The van der Waals surface area contributed by atoms with E-state index in [1.54, 1.807) is 0 Å². The van der Waals surface area contributed by atoms with Gasteiger partial charge in [0.05, 0.1) is 5.56 Å². The molecule has 0 radical (unpaired) electrons. The van der Waals surface area contributed by atoms with Crippen molar-refractivity contribution in [2.75, 3.05) is 6.61 Å². The summed E-state index contributed by atoms with van der Waals surface area (Å²) in [6, 6.07) is 13.5. The molecule has 3 rings (SSSR count). The number of rotatable bonds is 5. The Bertz CT molecular complexity index is 676. The number of hydrogen-bond acceptors (Lipinski definition) is 3. The van der Waals surface area contributed by atoms with Gasteiger partial charge < -0.3 is 9.84 Å². The van der Waals surface area contributed by atoms with E-state index in [1.807, 2.05) is 42.5 Å². The highest BCUT2D eigenvalue weighted by atomic mass is 16.5. The Kier molecular flexibility index (Phi) is 4.54. The number of ketones is 1. The molecule has 0 aliphatic carbocycles. The summed E-state index contributed by atoms with van der Waals surface area (Å²) in [5.74, 6) is 0.738. The summed E-state index contributed by atoms with van der Waals surface area (Å²) in [6.45, 7) is 0.658. The van der Waals surface area contributed by atoms with Gasteiger partial charge in [-0.25, -0.2) is 0 Å². The minimum Gasteiger partial charge on any atom is -0.488 e. The van der Waals surface area contributed by atoms with E-state index in [2.05, 4.69) is 0 Å². The zero-order valence-corrected chi connectivity index (χ0v) is 12.5. The lowest BCUT2D eigenvalue weighted by molar-refractivity contribution is 0.103. The molecule has 2 aromatic carbocycles. The Morgan fingerprint density at radius 2 is 1.86 bits per heavy atom. The molecule has 1 aliphatic heterocycles. The first-order valence-electron chi connectivity index (χ1n) is 7.79. The third-order valence-electron chi connectivity index (χ3n) is 4.09. The molecule has 0 atom stereocenters. The van der Waals surface area contributed by atoms with Crippen LogP contribution in [0.1, 0.15) is 46.3 Å². The van der Waals surface area contributed by atoms with Crippen LogP contribution in [0.2, 0.25) is 0 Å². The molecule has 0 unspecified atom stereocenters. The van der Waals surface area contributed by atoms with E-state index in [1.165, 1.54) is 0 Å². The second-order valence-corrected chi connectivity index (χ2v) is 5.60. The maximum atomic E-state index is 12.9. The third kappa shape index (κ3) is 2.90. The summed E-state index contributed by atoms with van der Waals surface area (Å²) < 4.78 is 5.85. The van der Waals surface area contributed by atoms with Crippen LogP contribution in [0.3, 0.4) is 0 Å². The van der Waals surface area contributed by atoms with Crippen LogP contribution in [0.25, 0.3) is 0 Å².